The fourth-order valence-electron chi connectivity index (χ4n) is 2.11. The van der Waals surface area contributed by atoms with E-state index in [9.17, 15) is 9.59 Å². The van der Waals surface area contributed by atoms with E-state index in [1.807, 2.05) is 24.3 Å². The van der Waals surface area contributed by atoms with E-state index in [1.54, 1.807) is 6.21 Å². The van der Waals surface area contributed by atoms with E-state index in [4.69, 9.17) is 0 Å². The highest BCUT2D eigenvalue weighted by Crippen LogP contribution is 2.09. The molecule has 0 radical (unpaired) electrons. The molecule has 2 heterocycles. The Morgan fingerprint density at radius 2 is 1.88 bits per heavy atom. The van der Waals surface area contributed by atoms with Crippen molar-refractivity contribution >= 4 is 39.1 Å². The summed E-state index contributed by atoms with van der Waals surface area (Å²) in [7, 11) is 2.94. The molecular weight excluding hydrogens is 376 g/mol. The SMILES string of the molecule is Cn1c(=O)c2nc(NN=Cc3ccc(Br)cc3)cnc2n(C)c1=O. The summed E-state index contributed by atoms with van der Waals surface area (Å²) in [5, 5.41) is 4.07. The molecule has 9 heteroatoms. The molecule has 0 spiro atoms. The van der Waals surface area contributed by atoms with Crippen molar-refractivity contribution in [2.45, 2.75) is 0 Å². The van der Waals surface area contributed by atoms with E-state index in [2.05, 4.69) is 36.4 Å². The van der Waals surface area contributed by atoms with Crippen LogP contribution in [0.4, 0.5) is 5.82 Å². The molecule has 1 N–H and O–H groups in total. The number of fused-ring (bicyclic) bond motifs is 1. The molecule has 0 bridgehead atoms. The van der Waals surface area contributed by atoms with E-state index in [-0.39, 0.29) is 11.2 Å². The van der Waals surface area contributed by atoms with E-state index < -0.39 is 11.2 Å². The van der Waals surface area contributed by atoms with E-state index in [1.165, 1.54) is 24.9 Å². The number of hydrazone groups is 1. The number of rotatable bonds is 3. The maximum atomic E-state index is 12.2. The lowest BCUT2D eigenvalue weighted by Crippen LogP contribution is -2.37. The summed E-state index contributed by atoms with van der Waals surface area (Å²) in [6.45, 7) is 0. The van der Waals surface area contributed by atoms with Gasteiger partial charge < -0.3 is 0 Å². The minimum Gasteiger partial charge on any atom is -0.279 e. The normalized spacial score (nSPS) is 11.3. The van der Waals surface area contributed by atoms with Crippen LogP contribution < -0.4 is 16.7 Å². The summed E-state index contributed by atoms with van der Waals surface area (Å²) in [5.41, 5.74) is 3.01. The largest absolute Gasteiger partial charge is 0.332 e. The van der Waals surface area contributed by atoms with E-state index in [0.717, 1.165) is 14.6 Å². The van der Waals surface area contributed by atoms with Crippen LogP contribution in [-0.4, -0.2) is 25.3 Å². The number of nitrogens with one attached hydrogen (secondary N) is 1. The molecule has 0 saturated heterocycles. The van der Waals surface area contributed by atoms with Crippen LogP contribution in [0.1, 0.15) is 5.56 Å². The van der Waals surface area contributed by atoms with Gasteiger partial charge >= 0.3 is 5.69 Å². The molecule has 0 aliphatic heterocycles. The van der Waals surface area contributed by atoms with Crippen molar-refractivity contribution in [2.24, 2.45) is 19.2 Å². The lowest BCUT2D eigenvalue weighted by atomic mass is 10.2. The Hall–Kier alpha value is -2.81. The zero-order chi connectivity index (χ0) is 17.3. The van der Waals surface area contributed by atoms with Gasteiger partial charge in [-0.1, -0.05) is 28.1 Å². The van der Waals surface area contributed by atoms with Crippen LogP contribution in [0.3, 0.4) is 0 Å². The van der Waals surface area contributed by atoms with Gasteiger partial charge in [-0.05, 0) is 17.7 Å². The van der Waals surface area contributed by atoms with E-state index in [0.29, 0.717) is 5.82 Å². The highest BCUT2D eigenvalue weighted by molar-refractivity contribution is 9.10. The minimum absolute atomic E-state index is 0.100. The number of hydrogen-bond acceptors (Lipinski definition) is 6. The van der Waals surface area contributed by atoms with Crippen molar-refractivity contribution in [1.82, 2.24) is 19.1 Å². The predicted molar refractivity (Wildman–Crippen MR) is 95.4 cm³/mol. The highest BCUT2D eigenvalue weighted by Gasteiger charge is 2.11. The van der Waals surface area contributed by atoms with Crippen molar-refractivity contribution in [3.63, 3.8) is 0 Å². The molecule has 3 rings (SSSR count). The van der Waals surface area contributed by atoms with Gasteiger partial charge in [-0.15, -0.1) is 0 Å². The molecule has 122 valence electrons. The number of aryl methyl sites for hydroxylation is 1. The smallest absolute Gasteiger partial charge is 0.279 e. The Kier molecular flexibility index (Phi) is 4.26. The Bertz CT molecular complexity index is 1050. The quantitative estimate of drug-likeness (QED) is 0.537. The molecule has 2 aromatic heterocycles. The van der Waals surface area contributed by atoms with Gasteiger partial charge in [-0.2, -0.15) is 5.10 Å². The second kappa shape index (κ2) is 6.36. The molecule has 8 nitrogen and oxygen atoms in total. The molecule has 0 amide bonds. The number of anilines is 1. The molecule has 0 aliphatic rings. The molecule has 0 aliphatic carbocycles. The second-order valence-electron chi connectivity index (χ2n) is 5.05. The first-order chi connectivity index (χ1) is 11.5. The first-order valence-corrected chi connectivity index (χ1v) is 7.74. The second-order valence-corrected chi connectivity index (χ2v) is 5.97. The standard InChI is InChI=1S/C15H13BrN6O2/c1-21-13-12(14(23)22(2)15(21)24)19-11(8-17-13)20-18-7-9-3-5-10(16)6-4-9/h3-8H,1-2H3,(H,19,20). The first kappa shape index (κ1) is 16.1. The summed E-state index contributed by atoms with van der Waals surface area (Å²) in [4.78, 5) is 32.3. The molecule has 0 atom stereocenters. The number of benzene rings is 1. The van der Waals surface area contributed by atoms with Gasteiger partial charge in [-0.25, -0.2) is 14.8 Å². The number of hydrogen-bond donors (Lipinski definition) is 1. The zero-order valence-electron chi connectivity index (χ0n) is 12.9. The van der Waals surface area contributed by atoms with Gasteiger partial charge in [0.2, 0.25) is 0 Å². The molecule has 0 fully saturated rings. The Morgan fingerprint density at radius 3 is 2.58 bits per heavy atom. The first-order valence-electron chi connectivity index (χ1n) is 6.95. The molecule has 24 heavy (non-hydrogen) atoms. The van der Waals surface area contributed by atoms with E-state index >= 15 is 0 Å². The Balaban J connectivity index is 1.92. The predicted octanol–water partition coefficient (Wildman–Crippen LogP) is 1.24. The van der Waals surface area contributed by atoms with Gasteiger partial charge in [0.15, 0.2) is 17.0 Å². The van der Waals surface area contributed by atoms with Crippen LogP contribution in [0.15, 0.2) is 49.6 Å². The van der Waals surface area contributed by atoms with Gasteiger partial charge in [0.05, 0.1) is 12.4 Å². The van der Waals surface area contributed by atoms with Crippen molar-refractivity contribution in [3.8, 4) is 0 Å². The lowest BCUT2D eigenvalue weighted by molar-refractivity contribution is 0.704. The summed E-state index contributed by atoms with van der Waals surface area (Å²) in [6, 6.07) is 7.60. The van der Waals surface area contributed by atoms with Crippen molar-refractivity contribution < 1.29 is 0 Å². The Labute approximate surface area is 144 Å². The van der Waals surface area contributed by atoms with Crippen LogP contribution in [0.5, 0.6) is 0 Å². The average molecular weight is 389 g/mol. The van der Waals surface area contributed by atoms with Crippen molar-refractivity contribution in [2.75, 3.05) is 5.43 Å². The third kappa shape index (κ3) is 2.98. The summed E-state index contributed by atoms with van der Waals surface area (Å²) in [5.74, 6) is 0.312. The lowest BCUT2D eigenvalue weighted by Gasteiger charge is -2.06. The average Bonchev–Trinajstić information content (AvgIpc) is 2.59. The number of halogens is 1. The van der Waals surface area contributed by atoms with Crippen LogP contribution in [0.2, 0.25) is 0 Å². The van der Waals surface area contributed by atoms with Gasteiger partial charge in [-0.3, -0.25) is 19.4 Å². The molecule has 0 saturated carbocycles. The minimum atomic E-state index is -0.499. The molecule has 3 aromatic rings. The van der Waals surface area contributed by atoms with Crippen LogP contribution in [0, 0.1) is 0 Å². The maximum Gasteiger partial charge on any atom is 0.332 e. The van der Waals surface area contributed by atoms with Crippen molar-refractivity contribution in [3.05, 3.63) is 61.3 Å². The van der Waals surface area contributed by atoms with Crippen molar-refractivity contribution in [1.29, 1.82) is 0 Å². The fourth-order valence-corrected chi connectivity index (χ4v) is 2.37. The van der Waals surface area contributed by atoms with Crippen LogP contribution in [0.25, 0.3) is 11.2 Å². The van der Waals surface area contributed by atoms with Crippen LogP contribution >= 0.6 is 15.9 Å². The number of nitrogens with zero attached hydrogens (tertiary/aromatic N) is 5. The number of aromatic nitrogens is 4. The third-order valence-electron chi connectivity index (χ3n) is 3.41. The summed E-state index contributed by atoms with van der Waals surface area (Å²) < 4.78 is 3.25. The van der Waals surface area contributed by atoms with Crippen LogP contribution in [-0.2, 0) is 14.1 Å². The topological polar surface area (TPSA) is 94.2 Å². The van der Waals surface area contributed by atoms with Gasteiger partial charge in [0.1, 0.15) is 0 Å². The Morgan fingerprint density at radius 1 is 1.17 bits per heavy atom. The van der Waals surface area contributed by atoms with Gasteiger partial charge in [0, 0.05) is 18.6 Å². The monoisotopic (exact) mass is 388 g/mol. The molecular formula is C15H13BrN6O2. The summed E-state index contributed by atoms with van der Waals surface area (Å²) >= 11 is 3.36. The zero-order valence-corrected chi connectivity index (χ0v) is 14.5. The third-order valence-corrected chi connectivity index (χ3v) is 3.94. The molecule has 1 aromatic carbocycles. The van der Waals surface area contributed by atoms with Gasteiger partial charge in [0.25, 0.3) is 5.56 Å². The molecule has 0 unspecified atom stereocenters. The maximum absolute atomic E-state index is 12.2. The highest BCUT2D eigenvalue weighted by atomic mass is 79.9. The fraction of sp³-hybridized carbons (Fsp3) is 0.133. The summed E-state index contributed by atoms with van der Waals surface area (Å²) in [6.07, 6.45) is 3.04.